The molecular formula is C11H15BBrNO3. The third kappa shape index (κ3) is 2.09. The molecule has 6 heteroatoms. The Balaban J connectivity index is 2.43. The highest BCUT2D eigenvalue weighted by molar-refractivity contribution is 9.10. The van der Waals surface area contributed by atoms with Gasteiger partial charge >= 0.3 is 7.12 Å². The molecule has 0 aliphatic carbocycles. The first kappa shape index (κ1) is 12.9. The zero-order chi connectivity index (χ0) is 12.8. The van der Waals surface area contributed by atoms with Gasteiger partial charge in [0.25, 0.3) is 0 Å². The summed E-state index contributed by atoms with van der Waals surface area (Å²) >= 11 is 3.35. The highest BCUT2D eigenvalue weighted by atomic mass is 79.9. The van der Waals surface area contributed by atoms with Crippen molar-refractivity contribution in [3.05, 3.63) is 27.1 Å². The second kappa shape index (κ2) is 3.97. The number of nitrogens with one attached hydrogen (secondary N) is 1. The van der Waals surface area contributed by atoms with Crippen LogP contribution in [0.3, 0.4) is 0 Å². The van der Waals surface area contributed by atoms with E-state index in [-0.39, 0.29) is 5.56 Å². The van der Waals surface area contributed by atoms with E-state index in [1.165, 1.54) is 0 Å². The normalized spacial score (nSPS) is 21.8. The van der Waals surface area contributed by atoms with Gasteiger partial charge in [0.15, 0.2) is 0 Å². The average Bonchev–Trinajstić information content (AvgIpc) is 2.35. The lowest BCUT2D eigenvalue weighted by atomic mass is 9.80. The summed E-state index contributed by atoms with van der Waals surface area (Å²) in [7, 11) is -0.640. The molecule has 0 spiro atoms. The van der Waals surface area contributed by atoms with Crippen LogP contribution in [-0.2, 0) is 9.31 Å². The second-order valence-corrected chi connectivity index (χ2v) is 6.01. The molecule has 0 radical (unpaired) electrons. The van der Waals surface area contributed by atoms with Crippen LogP contribution in [0.15, 0.2) is 21.5 Å². The number of rotatable bonds is 1. The van der Waals surface area contributed by atoms with E-state index in [4.69, 9.17) is 9.31 Å². The van der Waals surface area contributed by atoms with E-state index in [1.54, 1.807) is 12.3 Å². The summed E-state index contributed by atoms with van der Waals surface area (Å²) in [5.74, 6) is 0. The molecule has 0 unspecified atom stereocenters. The van der Waals surface area contributed by atoms with Gasteiger partial charge in [-0.05, 0) is 33.8 Å². The minimum absolute atomic E-state index is 0.196. The number of hydrogen-bond acceptors (Lipinski definition) is 3. The van der Waals surface area contributed by atoms with Crippen molar-refractivity contribution in [1.82, 2.24) is 4.98 Å². The van der Waals surface area contributed by atoms with Crippen LogP contribution < -0.4 is 11.0 Å². The highest BCUT2D eigenvalue weighted by Crippen LogP contribution is 2.36. The Morgan fingerprint density at radius 3 is 2.24 bits per heavy atom. The lowest BCUT2D eigenvalue weighted by Gasteiger charge is -2.32. The van der Waals surface area contributed by atoms with Crippen molar-refractivity contribution < 1.29 is 9.31 Å². The Morgan fingerprint density at radius 1 is 1.24 bits per heavy atom. The van der Waals surface area contributed by atoms with Crippen LogP contribution in [0.1, 0.15) is 27.7 Å². The van der Waals surface area contributed by atoms with E-state index in [2.05, 4.69) is 20.9 Å². The molecule has 1 fully saturated rings. The molecule has 17 heavy (non-hydrogen) atoms. The number of aromatic amines is 1. The van der Waals surface area contributed by atoms with Gasteiger partial charge in [-0.15, -0.1) is 0 Å². The van der Waals surface area contributed by atoms with Gasteiger partial charge in [0.05, 0.1) is 16.7 Å². The van der Waals surface area contributed by atoms with Crippen LogP contribution >= 0.6 is 15.9 Å². The van der Waals surface area contributed by atoms with Crippen LogP contribution in [0.5, 0.6) is 0 Å². The summed E-state index contributed by atoms with van der Waals surface area (Å²) in [5, 5.41) is 0. The molecule has 1 aromatic rings. The van der Waals surface area contributed by atoms with E-state index in [0.29, 0.717) is 9.94 Å². The third-order valence-electron chi connectivity index (χ3n) is 3.43. The molecule has 0 saturated carbocycles. The number of H-pyrrole nitrogens is 1. The summed E-state index contributed by atoms with van der Waals surface area (Å²) in [6.07, 6.45) is 1.58. The summed E-state index contributed by atoms with van der Waals surface area (Å²) in [5.41, 5.74) is -0.609. The predicted molar refractivity (Wildman–Crippen MR) is 70.5 cm³/mol. The molecule has 0 aromatic carbocycles. The zero-order valence-corrected chi connectivity index (χ0v) is 11.9. The first-order valence-corrected chi connectivity index (χ1v) is 6.27. The van der Waals surface area contributed by atoms with Gasteiger partial charge in [-0.3, -0.25) is 4.79 Å². The maximum atomic E-state index is 11.8. The van der Waals surface area contributed by atoms with Crippen molar-refractivity contribution in [2.45, 2.75) is 38.9 Å². The third-order valence-corrected chi connectivity index (χ3v) is 4.13. The lowest BCUT2D eigenvalue weighted by Crippen LogP contribution is -2.45. The molecule has 2 heterocycles. The number of pyridine rings is 1. The maximum absolute atomic E-state index is 11.8. The Morgan fingerprint density at radius 2 is 1.76 bits per heavy atom. The van der Waals surface area contributed by atoms with E-state index < -0.39 is 18.3 Å². The molecule has 4 nitrogen and oxygen atoms in total. The van der Waals surface area contributed by atoms with E-state index >= 15 is 0 Å². The van der Waals surface area contributed by atoms with Crippen molar-refractivity contribution in [3.63, 3.8) is 0 Å². The molecule has 1 N–H and O–H groups in total. The maximum Gasteiger partial charge on any atom is 0.501 e. The fourth-order valence-corrected chi connectivity index (χ4v) is 2.15. The molecule has 2 rings (SSSR count). The Hall–Kier alpha value is -0.585. The van der Waals surface area contributed by atoms with Crippen LogP contribution in [0.2, 0.25) is 0 Å². The first-order chi connectivity index (χ1) is 7.74. The summed E-state index contributed by atoms with van der Waals surface area (Å²) in [6, 6.07) is 1.77. The first-order valence-electron chi connectivity index (χ1n) is 5.47. The van der Waals surface area contributed by atoms with Gasteiger partial charge in [-0.1, -0.05) is 15.9 Å². The van der Waals surface area contributed by atoms with Crippen LogP contribution in [0.4, 0.5) is 0 Å². The Kier molecular flexibility index (Phi) is 3.00. The van der Waals surface area contributed by atoms with E-state index in [0.717, 1.165) is 0 Å². The van der Waals surface area contributed by atoms with Crippen molar-refractivity contribution >= 4 is 28.5 Å². The van der Waals surface area contributed by atoms with Gasteiger partial charge in [0, 0.05) is 10.7 Å². The summed E-state index contributed by atoms with van der Waals surface area (Å²) < 4.78 is 12.4. The molecule has 1 aromatic heterocycles. The standard InChI is InChI=1S/C11H15BBrNO3/c1-10(2)11(3,4)17-12(16-10)8-7(13)5-6-14-9(8)15/h5-6H,1-4H3,(H,14,15). The Labute approximate surface area is 109 Å². The molecule has 1 aliphatic rings. The van der Waals surface area contributed by atoms with Crippen LogP contribution in [-0.4, -0.2) is 23.3 Å². The monoisotopic (exact) mass is 299 g/mol. The highest BCUT2D eigenvalue weighted by Gasteiger charge is 2.52. The van der Waals surface area contributed by atoms with Gasteiger partial charge in [-0.25, -0.2) is 0 Å². The van der Waals surface area contributed by atoms with Gasteiger partial charge in [0.2, 0.25) is 5.56 Å². The number of halogens is 1. The van der Waals surface area contributed by atoms with Crippen LogP contribution in [0.25, 0.3) is 0 Å². The fraction of sp³-hybridized carbons (Fsp3) is 0.545. The van der Waals surface area contributed by atoms with Gasteiger partial charge in [-0.2, -0.15) is 0 Å². The molecule has 1 saturated heterocycles. The lowest BCUT2D eigenvalue weighted by molar-refractivity contribution is 0.00578. The van der Waals surface area contributed by atoms with Gasteiger partial charge < -0.3 is 14.3 Å². The molecule has 1 aliphatic heterocycles. The summed E-state index contributed by atoms with van der Waals surface area (Å²) in [6.45, 7) is 7.83. The largest absolute Gasteiger partial charge is 0.501 e. The molecule has 92 valence electrons. The van der Waals surface area contributed by atoms with Crippen molar-refractivity contribution in [1.29, 1.82) is 0 Å². The number of hydrogen-bond donors (Lipinski definition) is 1. The minimum atomic E-state index is -0.640. The SMILES string of the molecule is CC1(C)OB(c2c(Br)cc[nH]c2=O)OC1(C)C. The number of aromatic nitrogens is 1. The van der Waals surface area contributed by atoms with Crippen LogP contribution in [0, 0.1) is 0 Å². The smallest absolute Gasteiger partial charge is 0.399 e. The minimum Gasteiger partial charge on any atom is -0.399 e. The topological polar surface area (TPSA) is 51.3 Å². The van der Waals surface area contributed by atoms with Crippen molar-refractivity contribution in [2.24, 2.45) is 0 Å². The van der Waals surface area contributed by atoms with Crippen molar-refractivity contribution in [2.75, 3.05) is 0 Å². The molecule has 0 atom stereocenters. The molecule has 0 amide bonds. The Bertz CT molecular complexity index is 482. The molecular weight excluding hydrogens is 285 g/mol. The average molecular weight is 300 g/mol. The van der Waals surface area contributed by atoms with E-state index in [1.807, 2.05) is 27.7 Å². The quantitative estimate of drug-likeness (QED) is 0.798. The fourth-order valence-electron chi connectivity index (χ4n) is 1.65. The molecule has 0 bridgehead atoms. The second-order valence-electron chi connectivity index (χ2n) is 5.16. The zero-order valence-electron chi connectivity index (χ0n) is 10.3. The summed E-state index contributed by atoms with van der Waals surface area (Å²) in [4.78, 5) is 14.4. The van der Waals surface area contributed by atoms with E-state index in [9.17, 15) is 4.79 Å². The van der Waals surface area contributed by atoms with Crippen molar-refractivity contribution in [3.8, 4) is 0 Å². The van der Waals surface area contributed by atoms with Gasteiger partial charge in [0.1, 0.15) is 0 Å². The predicted octanol–water partition coefficient (Wildman–Crippen LogP) is 1.44.